The van der Waals surface area contributed by atoms with Gasteiger partial charge in [0.05, 0.1) is 12.8 Å². The lowest BCUT2D eigenvalue weighted by atomic mass is 10.2. The number of hydrogen-bond donors (Lipinski definition) is 0. The summed E-state index contributed by atoms with van der Waals surface area (Å²) in [5.74, 6) is -0.403. The summed E-state index contributed by atoms with van der Waals surface area (Å²) in [5.41, 5.74) is 1.00. The van der Waals surface area contributed by atoms with Crippen LogP contribution >= 0.6 is 15.9 Å². The van der Waals surface area contributed by atoms with Crippen molar-refractivity contribution < 1.29 is 9.53 Å². The van der Waals surface area contributed by atoms with Gasteiger partial charge in [0.2, 0.25) is 0 Å². The summed E-state index contributed by atoms with van der Waals surface area (Å²) < 4.78 is 5.59. The molecule has 86 valence electrons. The number of esters is 1. The van der Waals surface area contributed by atoms with Crippen LogP contribution in [0.5, 0.6) is 0 Å². The van der Waals surface area contributed by atoms with Gasteiger partial charge in [-0.25, -0.2) is 4.79 Å². The largest absolute Gasteiger partial charge is 0.465 e. The fraction of sp³-hybridized carbons (Fsp3) is 0.273. The van der Waals surface area contributed by atoms with Gasteiger partial charge < -0.3 is 9.64 Å². The number of methoxy groups -OCH3 is 1. The number of aromatic nitrogens is 1. The van der Waals surface area contributed by atoms with E-state index in [1.165, 1.54) is 7.11 Å². The Balaban J connectivity index is 3.16. The molecule has 0 aliphatic carbocycles. The van der Waals surface area contributed by atoms with Crippen molar-refractivity contribution in [2.24, 2.45) is 0 Å². The van der Waals surface area contributed by atoms with E-state index in [-0.39, 0.29) is 0 Å². The molecule has 0 radical (unpaired) electrons. The minimum absolute atomic E-state index is 0.403. The molecule has 1 rings (SSSR count). The van der Waals surface area contributed by atoms with Crippen LogP contribution in [0.4, 0.5) is 0 Å². The molecule has 0 N–H and O–H groups in total. The topological polar surface area (TPSA) is 42.4 Å². The molecule has 1 aromatic rings. The van der Waals surface area contributed by atoms with Gasteiger partial charge >= 0.3 is 5.97 Å². The molecule has 0 aliphatic heterocycles. The van der Waals surface area contributed by atoms with E-state index in [1.807, 2.05) is 14.1 Å². The summed E-state index contributed by atoms with van der Waals surface area (Å²) in [7, 11) is 5.02. The smallest absolute Gasteiger partial charge is 0.341 e. The molecule has 5 heteroatoms. The van der Waals surface area contributed by atoms with E-state index in [2.05, 4.69) is 20.9 Å². The highest BCUT2D eigenvalue weighted by atomic mass is 79.9. The van der Waals surface area contributed by atoms with Crippen LogP contribution in [0.2, 0.25) is 0 Å². The third-order valence-electron chi connectivity index (χ3n) is 1.79. The molecule has 0 fully saturated rings. The number of ether oxygens (including phenoxy) is 1. The summed E-state index contributed by atoms with van der Waals surface area (Å²) in [5, 5.41) is 0. The fourth-order valence-corrected chi connectivity index (χ4v) is 1.48. The van der Waals surface area contributed by atoms with Gasteiger partial charge in [0.1, 0.15) is 5.57 Å². The molecule has 0 saturated heterocycles. The molecular formula is C11H13BrN2O2. The molecule has 0 bridgehead atoms. The molecule has 0 unspecified atom stereocenters. The van der Waals surface area contributed by atoms with Crippen molar-refractivity contribution >= 4 is 27.5 Å². The quantitative estimate of drug-likeness (QED) is 0.628. The van der Waals surface area contributed by atoms with Gasteiger partial charge in [-0.1, -0.05) is 15.9 Å². The lowest BCUT2D eigenvalue weighted by molar-refractivity contribution is -0.133. The van der Waals surface area contributed by atoms with Gasteiger partial charge in [-0.2, -0.15) is 0 Å². The standard InChI is InChI=1S/C11H13BrN2O2/c1-14(2)7-9(11(15)16-3)10-6-8(12)4-5-13-10/h4-7H,1-3H3/b9-7-. The van der Waals surface area contributed by atoms with Crippen molar-refractivity contribution in [2.45, 2.75) is 0 Å². The molecule has 0 spiro atoms. The number of hydrogen-bond acceptors (Lipinski definition) is 4. The van der Waals surface area contributed by atoms with Crippen LogP contribution in [0.15, 0.2) is 29.0 Å². The van der Waals surface area contributed by atoms with Gasteiger partial charge in [-0.3, -0.25) is 4.98 Å². The number of halogens is 1. The number of rotatable bonds is 3. The maximum atomic E-state index is 11.6. The van der Waals surface area contributed by atoms with Gasteiger partial charge in [0.15, 0.2) is 0 Å². The van der Waals surface area contributed by atoms with Crippen LogP contribution in [0.1, 0.15) is 5.69 Å². The zero-order valence-corrected chi connectivity index (χ0v) is 11.0. The average molecular weight is 285 g/mol. The molecular weight excluding hydrogens is 272 g/mol. The molecule has 1 heterocycles. The zero-order chi connectivity index (χ0) is 12.1. The Bertz CT molecular complexity index is 416. The second kappa shape index (κ2) is 5.65. The second-order valence-electron chi connectivity index (χ2n) is 3.36. The zero-order valence-electron chi connectivity index (χ0n) is 9.40. The third-order valence-corrected chi connectivity index (χ3v) is 2.28. The van der Waals surface area contributed by atoms with Crippen LogP contribution < -0.4 is 0 Å². The summed E-state index contributed by atoms with van der Waals surface area (Å²) in [6.45, 7) is 0. The molecule has 0 atom stereocenters. The van der Waals surface area contributed by atoms with Crippen molar-refractivity contribution in [1.82, 2.24) is 9.88 Å². The SMILES string of the molecule is COC(=O)/C(=C\N(C)C)c1cc(Br)ccn1. The van der Waals surface area contributed by atoms with Crippen LogP contribution in [0.25, 0.3) is 5.57 Å². The van der Waals surface area contributed by atoms with Gasteiger partial charge in [-0.05, 0) is 12.1 Å². The summed E-state index contributed by atoms with van der Waals surface area (Å²) >= 11 is 3.33. The Morgan fingerprint density at radius 3 is 2.75 bits per heavy atom. The fourth-order valence-electron chi connectivity index (χ4n) is 1.14. The third kappa shape index (κ3) is 3.34. The number of nitrogens with zero attached hydrogens (tertiary/aromatic N) is 2. The van der Waals surface area contributed by atoms with E-state index < -0.39 is 5.97 Å². The predicted molar refractivity (Wildman–Crippen MR) is 65.6 cm³/mol. The predicted octanol–water partition coefficient (Wildman–Crippen LogP) is 1.92. The molecule has 16 heavy (non-hydrogen) atoms. The summed E-state index contributed by atoms with van der Waals surface area (Å²) in [4.78, 5) is 17.5. The highest BCUT2D eigenvalue weighted by molar-refractivity contribution is 9.10. The molecule has 0 aliphatic rings. The molecule has 1 aromatic heterocycles. The van der Waals surface area contributed by atoms with Crippen LogP contribution in [-0.2, 0) is 9.53 Å². The van der Waals surface area contributed by atoms with Crippen molar-refractivity contribution in [3.63, 3.8) is 0 Å². The normalized spacial score (nSPS) is 11.1. The Hall–Kier alpha value is -1.36. The van der Waals surface area contributed by atoms with Crippen LogP contribution in [0, 0.1) is 0 Å². The first-order chi connectivity index (χ1) is 7.54. The van der Waals surface area contributed by atoms with E-state index in [0.717, 1.165) is 4.47 Å². The highest BCUT2D eigenvalue weighted by Crippen LogP contribution is 2.18. The van der Waals surface area contributed by atoms with E-state index in [4.69, 9.17) is 4.74 Å². The lowest BCUT2D eigenvalue weighted by Gasteiger charge is -2.10. The average Bonchev–Trinajstić information content (AvgIpc) is 2.24. The first kappa shape index (κ1) is 12.7. The number of carbonyl (C=O) groups is 1. The Kier molecular flexibility index (Phi) is 4.49. The van der Waals surface area contributed by atoms with Crippen molar-refractivity contribution in [3.8, 4) is 0 Å². The maximum absolute atomic E-state index is 11.6. The Morgan fingerprint density at radius 1 is 1.56 bits per heavy atom. The van der Waals surface area contributed by atoms with E-state index in [0.29, 0.717) is 11.3 Å². The molecule has 4 nitrogen and oxygen atoms in total. The molecule has 0 amide bonds. The minimum atomic E-state index is -0.403. The first-order valence-electron chi connectivity index (χ1n) is 4.63. The maximum Gasteiger partial charge on any atom is 0.341 e. The number of pyridine rings is 1. The monoisotopic (exact) mass is 284 g/mol. The van der Waals surface area contributed by atoms with Gasteiger partial charge in [0.25, 0.3) is 0 Å². The van der Waals surface area contributed by atoms with Crippen LogP contribution in [0.3, 0.4) is 0 Å². The summed E-state index contributed by atoms with van der Waals surface area (Å²) in [6, 6.07) is 3.57. The first-order valence-corrected chi connectivity index (χ1v) is 5.42. The van der Waals surface area contributed by atoms with Gasteiger partial charge in [0, 0.05) is 31.0 Å². The molecule has 0 saturated carbocycles. The lowest BCUT2D eigenvalue weighted by Crippen LogP contribution is -2.11. The Labute approximate surface area is 103 Å². The minimum Gasteiger partial charge on any atom is -0.465 e. The van der Waals surface area contributed by atoms with Gasteiger partial charge in [-0.15, -0.1) is 0 Å². The Morgan fingerprint density at radius 2 is 2.25 bits per heavy atom. The van der Waals surface area contributed by atoms with E-state index in [9.17, 15) is 4.79 Å². The number of carbonyl (C=O) groups excluding carboxylic acids is 1. The molecule has 0 aromatic carbocycles. The van der Waals surface area contributed by atoms with E-state index in [1.54, 1.807) is 29.4 Å². The highest BCUT2D eigenvalue weighted by Gasteiger charge is 2.14. The second-order valence-corrected chi connectivity index (χ2v) is 4.27. The van der Waals surface area contributed by atoms with Crippen molar-refractivity contribution in [3.05, 3.63) is 34.7 Å². The van der Waals surface area contributed by atoms with Crippen LogP contribution in [-0.4, -0.2) is 37.1 Å². The van der Waals surface area contributed by atoms with E-state index >= 15 is 0 Å². The van der Waals surface area contributed by atoms with Crippen molar-refractivity contribution in [1.29, 1.82) is 0 Å². The van der Waals surface area contributed by atoms with Crippen molar-refractivity contribution in [2.75, 3.05) is 21.2 Å². The summed E-state index contributed by atoms with van der Waals surface area (Å²) in [6.07, 6.45) is 3.31.